The van der Waals surface area contributed by atoms with Gasteiger partial charge in [-0.2, -0.15) is 0 Å². The number of ether oxygens (including phenoxy) is 2. The van der Waals surface area contributed by atoms with E-state index in [1.807, 2.05) is 20.8 Å². The zero-order chi connectivity index (χ0) is 14.0. The summed E-state index contributed by atoms with van der Waals surface area (Å²) in [6.07, 6.45) is 3.37. The van der Waals surface area contributed by atoms with Gasteiger partial charge in [0, 0.05) is 6.54 Å². The van der Waals surface area contributed by atoms with Crippen LogP contribution in [0.1, 0.15) is 46.5 Å². The highest BCUT2D eigenvalue weighted by molar-refractivity contribution is 5.82. The molecule has 1 aliphatic heterocycles. The fourth-order valence-corrected chi connectivity index (χ4v) is 2.13. The van der Waals surface area contributed by atoms with Crippen molar-refractivity contribution in [3.05, 3.63) is 0 Å². The summed E-state index contributed by atoms with van der Waals surface area (Å²) in [5.41, 5.74) is -0.540. The average Bonchev–Trinajstić information content (AvgIpc) is 2.98. The first-order chi connectivity index (χ1) is 8.87. The van der Waals surface area contributed by atoms with E-state index in [0.29, 0.717) is 25.5 Å². The van der Waals surface area contributed by atoms with Crippen molar-refractivity contribution in [3.63, 3.8) is 0 Å². The van der Waals surface area contributed by atoms with Crippen molar-refractivity contribution < 1.29 is 19.1 Å². The summed E-state index contributed by atoms with van der Waals surface area (Å²) < 4.78 is 10.6. The van der Waals surface area contributed by atoms with E-state index in [0.717, 1.165) is 19.3 Å². The second-order valence-electron chi connectivity index (χ2n) is 6.41. The molecule has 0 bridgehead atoms. The van der Waals surface area contributed by atoms with Gasteiger partial charge in [0.05, 0.1) is 6.61 Å². The standard InChI is InChI=1S/C14H23NO4/c1-14(2,3)19-13(17)15-8-4-5-11(15)12(16)18-9-10-6-7-10/h10-11H,4-9H2,1-3H3/t11-/m0/s1. The van der Waals surface area contributed by atoms with Crippen LogP contribution in [0, 0.1) is 5.92 Å². The second-order valence-corrected chi connectivity index (χ2v) is 6.41. The molecule has 0 aromatic rings. The Morgan fingerprint density at radius 1 is 1.21 bits per heavy atom. The van der Waals surface area contributed by atoms with Crippen molar-refractivity contribution in [1.82, 2.24) is 4.90 Å². The molecule has 1 saturated heterocycles. The lowest BCUT2D eigenvalue weighted by Crippen LogP contribution is -2.44. The Kier molecular flexibility index (Phi) is 4.02. The maximum atomic E-state index is 12.0. The van der Waals surface area contributed by atoms with Crippen LogP contribution >= 0.6 is 0 Å². The molecular formula is C14H23NO4. The van der Waals surface area contributed by atoms with Crippen LogP contribution in [-0.4, -0.2) is 41.8 Å². The van der Waals surface area contributed by atoms with E-state index in [9.17, 15) is 9.59 Å². The largest absolute Gasteiger partial charge is 0.464 e. The van der Waals surface area contributed by atoms with Gasteiger partial charge in [0.25, 0.3) is 0 Å². The molecule has 1 heterocycles. The van der Waals surface area contributed by atoms with E-state index >= 15 is 0 Å². The Hall–Kier alpha value is -1.26. The molecule has 1 atom stereocenters. The third-order valence-electron chi connectivity index (χ3n) is 3.31. The minimum Gasteiger partial charge on any atom is -0.464 e. The number of likely N-dealkylation sites (tertiary alicyclic amines) is 1. The van der Waals surface area contributed by atoms with Crippen LogP contribution in [-0.2, 0) is 14.3 Å². The summed E-state index contributed by atoms with van der Waals surface area (Å²) in [6.45, 7) is 6.53. The maximum absolute atomic E-state index is 12.0. The molecule has 0 spiro atoms. The van der Waals surface area contributed by atoms with Crippen LogP contribution < -0.4 is 0 Å². The molecule has 0 radical (unpaired) electrons. The predicted octanol–water partition coefficient (Wildman–Crippen LogP) is 2.34. The first kappa shape index (κ1) is 14.2. The maximum Gasteiger partial charge on any atom is 0.411 e. The van der Waals surface area contributed by atoms with Crippen molar-refractivity contribution in [2.45, 2.75) is 58.1 Å². The highest BCUT2D eigenvalue weighted by Gasteiger charge is 2.38. The highest BCUT2D eigenvalue weighted by Crippen LogP contribution is 2.29. The lowest BCUT2D eigenvalue weighted by atomic mass is 10.2. The van der Waals surface area contributed by atoms with Crippen molar-refractivity contribution in [2.75, 3.05) is 13.2 Å². The third kappa shape index (κ3) is 4.11. The molecule has 108 valence electrons. The van der Waals surface area contributed by atoms with Gasteiger partial charge in [-0.15, -0.1) is 0 Å². The Bertz CT molecular complexity index is 357. The number of amides is 1. The minimum atomic E-state index is -0.540. The zero-order valence-electron chi connectivity index (χ0n) is 12.0. The Balaban J connectivity index is 1.87. The molecule has 0 unspecified atom stereocenters. The number of nitrogens with zero attached hydrogens (tertiary/aromatic N) is 1. The van der Waals surface area contributed by atoms with Crippen LogP contribution in [0.25, 0.3) is 0 Å². The van der Waals surface area contributed by atoms with E-state index in [2.05, 4.69) is 0 Å². The fraction of sp³-hybridized carbons (Fsp3) is 0.857. The average molecular weight is 269 g/mol. The normalized spacial score (nSPS) is 23.3. The molecule has 5 nitrogen and oxygen atoms in total. The summed E-state index contributed by atoms with van der Waals surface area (Å²) in [7, 11) is 0. The zero-order valence-corrected chi connectivity index (χ0v) is 12.0. The Morgan fingerprint density at radius 3 is 2.47 bits per heavy atom. The lowest BCUT2D eigenvalue weighted by molar-refractivity contribution is -0.149. The van der Waals surface area contributed by atoms with Gasteiger partial charge in [0.1, 0.15) is 11.6 Å². The van der Waals surface area contributed by atoms with Crippen LogP contribution in [0.15, 0.2) is 0 Å². The summed E-state index contributed by atoms with van der Waals surface area (Å²) in [4.78, 5) is 25.5. The monoisotopic (exact) mass is 269 g/mol. The number of hydrogen-bond acceptors (Lipinski definition) is 4. The molecule has 0 N–H and O–H groups in total. The number of esters is 1. The Labute approximate surface area is 114 Å². The molecule has 1 aliphatic carbocycles. The molecule has 0 aromatic heterocycles. The summed E-state index contributed by atoms with van der Waals surface area (Å²) in [5, 5.41) is 0. The van der Waals surface area contributed by atoms with Crippen molar-refractivity contribution >= 4 is 12.1 Å². The van der Waals surface area contributed by atoms with E-state index < -0.39 is 17.7 Å². The number of hydrogen-bond donors (Lipinski definition) is 0. The topological polar surface area (TPSA) is 55.8 Å². The number of carbonyl (C=O) groups excluding carboxylic acids is 2. The van der Waals surface area contributed by atoms with Gasteiger partial charge in [0.2, 0.25) is 0 Å². The first-order valence-corrected chi connectivity index (χ1v) is 7.03. The molecule has 1 saturated carbocycles. The predicted molar refractivity (Wildman–Crippen MR) is 69.6 cm³/mol. The van der Waals surface area contributed by atoms with Gasteiger partial charge in [-0.3, -0.25) is 4.90 Å². The van der Waals surface area contributed by atoms with Gasteiger partial charge >= 0.3 is 12.1 Å². The summed E-state index contributed by atoms with van der Waals surface area (Å²) in [5.74, 6) is 0.260. The first-order valence-electron chi connectivity index (χ1n) is 7.03. The quantitative estimate of drug-likeness (QED) is 0.738. The minimum absolute atomic E-state index is 0.282. The van der Waals surface area contributed by atoms with E-state index in [-0.39, 0.29) is 5.97 Å². The third-order valence-corrected chi connectivity index (χ3v) is 3.31. The molecule has 5 heteroatoms. The van der Waals surface area contributed by atoms with Gasteiger partial charge < -0.3 is 9.47 Å². The van der Waals surface area contributed by atoms with Gasteiger partial charge in [-0.25, -0.2) is 9.59 Å². The number of carbonyl (C=O) groups is 2. The smallest absolute Gasteiger partial charge is 0.411 e. The molecular weight excluding hydrogens is 246 g/mol. The van der Waals surface area contributed by atoms with E-state index in [4.69, 9.17) is 9.47 Å². The summed E-state index contributed by atoms with van der Waals surface area (Å²) >= 11 is 0. The van der Waals surface area contributed by atoms with Crippen molar-refractivity contribution in [2.24, 2.45) is 5.92 Å². The molecule has 1 amide bonds. The fourth-order valence-electron chi connectivity index (χ4n) is 2.13. The van der Waals surface area contributed by atoms with E-state index in [1.54, 1.807) is 0 Å². The van der Waals surface area contributed by atoms with E-state index in [1.165, 1.54) is 4.90 Å². The Morgan fingerprint density at radius 2 is 1.89 bits per heavy atom. The molecule has 2 aliphatic rings. The summed E-state index contributed by atoms with van der Waals surface area (Å²) in [6, 6.07) is -0.464. The van der Waals surface area contributed by atoms with Gasteiger partial charge in [-0.05, 0) is 52.4 Å². The van der Waals surface area contributed by atoms with Gasteiger partial charge in [0.15, 0.2) is 0 Å². The van der Waals surface area contributed by atoms with Crippen molar-refractivity contribution in [1.29, 1.82) is 0 Å². The lowest BCUT2D eigenvalue weighted by Gasteiger charge is -2.27. The molecule has 2 fully saturated rings. The van der Waals surface area contributed by atoms with Crippen LogP contribution in [0.4, 0.5) is 4.79 Å². The molecule has 0 aromatic carbocycles. The SMILES string of the molecule is CC(C)(C)OC(=O)N1CCC[C@H]1C(=O)OCC1CC1. The van der Waals surface area contributed by atoms with Crippen molar-refractivity contribution in [3.8, 4) is 0 Å². The number of rotatable bonds is 3. The second kappa shape index (κ2) is 5.39. The molecule has 2 rings (SSSR count). The van der Waals surface area contributed by atoms with Crippen LogP contribution in [0.2, 0.25) is 0 Å². The van der Waals surface area contributed by atoms with Gasteiger partial charge in [-0.1, -0.05) is 0 Å². The molecule has 19 heavy (non-hydrogen) atoms. The van der Waals surface area contributed by atoms with Crippen LogP contribution in [0.5, 0.6) is 0 Å². The van der Waals surface area contributed by atoms with Crippen LogP contribution in [0.3, 0.4) is 0 Å². The highest BCUT2D eigenvalue weighted by atomic mass is 16.6.